The van der Waals surface area contributed by atoms with Crippen molar-refractivity contribution >= 4 is 39.1 Å². The van der Waals surface area contributed by atoms with E-state index in [1.807, 2.05) is 6.07 Å². The zero-order valence-electron chi connectivity index (χ0n) is 16.1. The van der Waals surface area contributed by atoms with E-state index in [1.165, 1.54) is 12.1 Å². The summed E-state index contributed by atoms with van der Waals surface area (Å²) in [5.74, 6) is -0.261. The third-order valence-corrected chi connectivity index (χ3v) is 5.26. The van der Waals surface area contributed by atoms with Crippen molar-refractivity contribution in [2.75, 3.05) is 10.2 Å². The lowest BCUT2D eigenvalue weighted by atomic mass is 10.1. The molecule has 2 amide bonds. The molecule has 1 aliphatic heterocycles. The normalized spacial score (nSPS) is 15.4. The van der Waals surface area contributed by atoms with E-state index in [0.29, 0.717) is 22.7 Å². The lowest BCUT2D eigenvalue weighted by Crippen LogP contribution is -2.44. The molecule has 30 heavy (non-hydrogen) atoms. The number of rotatable bonds is 4. The molecule has 1 atom stereocenters. The van der Waals surface area contributed by atoms with Gasteiger partial charge in [0.15, 0.2) is 6.10 Å². The topological polar surface area (TPSA) is 58.6 Å². The Morgan fingerprint density at radius 2 is 1.90 bits per heavy atom. The Kier molecular flexibility index (Phi) is 5.55. The summed E-state index contributed by atoms with van der Waals surface area (Å²) in [6.07, 6.45) is -0.639. The second-order valence-corrected chi connectivity index (χ2v) is 7.87. The predicted octanol–water partition coefficient (Wildman–Crippen LogP) is 5.15. The second-order valence-electron chi connectivity index (χ2n) is 6.96. The molecule has 0 bridgehead atoms. The summed E-state index contributed by atoms with van der Waals surface area (Å²) in [4.78, 5) is 27.0. The van der Waals surface area contributed by atoms with Crippen LogP contribution in [0.4, 0.5) is 15.8 Å². The standard InChI is InChI=1S/C23H18BrFN2O3/c1-14-23(29)27(13-15-5-7-18(25)8-6-15)20-12-19(9-10-21(20)30-14)26-22(28)16-3-2-4-17(24)11-16/h2-12,14H,13H2,1H3,(H,26,28). The van der Waals surface area contributed by atoms with E-state index in [4.69, 9.17) is 4.74 Å². The quantitative estimate of drug-likeness (QED) is 0.575. The molecule has 1 unspecified atom stereocenters. The molecule has 0 aromatic heterocycles. The predicted molar refractivity (Wildman–Crippen MR) is 116 cm³/mol. The molecular weight excluding hydrogens is 451 g/mol. The van der Waals surface area contributed by atoms with Gasteiger partial charge in [0, 0.05) is 15.7 Å². The summed E-state index contributed by atoms with van der Waals surface area (Å²) in [5, 5.41) is 2.85. The maximum absolute atomic E-state index is 13.2. The minimum atomic E-state index is -0.639. The van der Waals surface area contributed by atoms with Gasteiger partial charge >= 0.3 is 0 Å². The number of nitrogens with zero attached hydrogens (tertiary/aromatic N) is 1. The molecule has 0 saturated carbocycles. The number of benzene rings is 3. The van der Waals surface area contributed by atoms with Crippen molar-refractivity contribution in [1.82, 2.24) is 0 Å². The molecule has 1 aliphatic rings. The van der Waals surface area contributed by atoms with Crippen molar-refractivity contribution in [3.63, 3.8) is 0 Å². The summed E-state index contributed by atoms with van der Waals surface area (Å²) >= 11 is 3.36. The summed E-state index contributed by atoms with van der Waals surface area (Å²) in [7, 11) is 0. The first-order valence-electron chi connectivity index (χ1n) is 9.34. The number of halogens is 2. The van der Waals surface area contributed by atoms with Crippen LogP contribution in [0.5, 0.6) is 5.75 Å². The van der Waals surface area contributed by atoms with E-state index in [2.05, 4.69) is 21.2 Å². The molecule has 1 heterocycles. The molecule has 1 N–H and O–H groups in total. The maximum atomic E-state index is 13.2. The highest BCUT2D eigenvalue weighted by Gasteiger charge is 2.32. The van der Waals surface area contributed by atoms with Crippen LogP contribution in [-0.2, 0) is 11.3 Å². The van der Waals surface area contributed by atoms with E-state index < -0.39 is 6.10 Å². The lowest BCUT2D eigenvalue weighted by molar-refractivity contribution is -0.125. The van der Waals surface area contributed by atoms with Crippen molar-refractivity contribution in [3.8, 4) is 5.75 Å². The maximum Gasteiger partial charge on any atom is 0.268 e. The van der Waals surface area contributed by atoms with Crippen molar-refractivity contribution in [2.24, 2.45) is 0 Å². The van der Waals surface area contributed by atoms with Crippen molar-refractivity contribution in [3.05, 3.63) is 88.1 Å². The largest absolute Gasteiger partial charge is 0.479 e. The molecule has 7 heteroatoms. The highest BCUT2D eigenvalue weighted by molar-refractivity contribution is 9.10. The number of carbonyl (C=O) groups is 2. The number of fused-ring (bicyclic) bond motifs is 1. The number of ether oxygens (including phenoxy) is 1. The van der Waals surface area contributed by atoms with Crippen molar-refractivity contribution in [2.45, 2.75) is 19.6 Å². The first-order chi connectivity index (χ1) is 14.4. The fourth-order valence-corrected chi connectivity index (χ4v) is 3.65. The summed E-state index contributed by atoms with van der Waals surface area (Å²) in [6.45, 7) is 1.95. The van der Waals surface area contributed by atoms with Gasteiger partial charge in [-0.2, -0.15) is 0 Å². The Balaban J connectivity index is 1.63. The molecule has 0 radical (unpaired) electrons. The van der Waals surface area contributed by atoms with Gasteiger partial charge in [-0.05, 0) is 61.0 Å². The summed E-state index contributed by atoms with van der Waals surface area (Å²) < 4.78 is 19.8. The zero-order chi connectivity index (χ0) is 21.3. The number of anilines is 2. The van der Waals surface area contributed by atoms with Crippen molar-refractivity contribution < 1.29 is 18.7 Å². The molecular formula is C23H18BrFN2O3. The van der Waals surface area contributed by atoms with Crippen LogP contribution in [-0.4, -0.2) is 17.9 Å². The van der Waals surface area contributed by atoms with Gasteiger partial charge in [-0.25, -0.2) is 4.39 Å². The van der Waals surface area contributed by atoms with Gasteiger partial charge in [0.05, 0.1) is 12.2 Å². The average Bonchev–Trinajstić information content (AvgIpc) is 2.73. The minimum Gasteiger partial charge on any atom is -0.479 e. The van der Waals surface area contributed by atoms with Gasteiger partial charge in [0.2, 0.25) is 0 Å². The number of nitrogens with one attached hydrogen (secondary N) is 1. The molecule has 0 spiro atoms. The van der Waals surface area contributed by atoms with Crippen LogP contribution in [0.25, 0.3) is 0 Å². The Bertz CT molecular complexity index is 1120. The van der Waals surface area contributed by atoms with Gasteiger partial charge in [-0.3, -0.25) is 9.59 Å². The number of carbonyl (C=O) groups excluding carboxylic acids is 2. The van der Waals surface area contributed by atoms with Gasteiger partial charge in [-0.1, -0.05) is 34.1 Å². The third-order valence-electron chi connectivity index (χ3n) is 4.77. The van der Waals surface area contributed by atoms with Crippen LogP contribution in [0.15, 0.2) is 71.2 Å². The molecule has 0 aliphatic carbocycles. The number of amides is 2. The number of hydrogen-bond acceptors (Lipinski definition) is 3. The highest BCUT2D eigenvalue weighted by Crippen LogP contribution is 2.37. The Morgan fingerprint density at radius 1 is 1.13 bits per heavy atom. The summed E-state index contributed by atoms with van der Waals surface area (Å²) in [6, 6.07) is 18.2. The zero-order valence-corrected chi connectivity index (χ0v) is 17.6. The van der Waals surface area contributed by atoms with Crippen LogP contribution >= 0.6 is 15.9 Å². The number of hydrogen-bond donors (Lipinski definition) is 1. The molecule has 3 aromatic rings. The van der Waals surface area contributed by atoms with E-state index in [0.717, 1.165) is 10.0 Å². The van der Waals surface area contributed by atoms with Crippen LogP contribution < -0.4 is 15.0 Å². The SMILES string of the molecule is CC1Oc2ccc(NC(=O)c3cccc(Br)c3)cc2N(Cc2ccc(F)cc2)C1=O. The lowest BCUT2D eigenvalue weighted by Gasteiger charge is -2.33. The molecule has 5 nitrogen and oxygen atoms in total. The van der Waals surface area contributed by atoms with E-state index in [-0.39, 0.29) is 24.2 Å². The minimum absolute atomic E-state index is 0.206. The smallest absolute Gasteiger partial charge is 0.268 e. The molecule has 0 fully saturated rings. The van der Waals surface area contributed by atoms with Crippen LogP contribution in [0.2, 0.25) is 0 Å². The van der Waals surface area contributed by atoms with Crippen LogP contribution in [0.1, 0.15) is 22.8 Å². The molecule has 152 valence electrons. The fraction of sp³-hybridized carbons (Fsp3) is 0.130. The Labute approximate surface area is 181 Å². The monoisotopic (exact) mass is 468 g/mol. The summed E-state index contributed by atoms with van der Waals surface area (Å²) in [5.41, 5.74) is 2.38. The van der Waals surface area contributed by atoms with Gasteiger partial charge in [-0.15, -0.1) is 0 Å². The molecule has 4 rings (SSSR count). The molecule has 0 saturated heterocycles. The Morgan fingerprint density at radius 3 is 2.63 bits per heavy atom. The first-order valence-corrected chi connectivity index (χ1v) is 10.1. The first kappa shape index (κ1) is 20.1. The highest BCUT2D eigenvalue weighted by atomic mass is 79.9. The van der Waals surface area contributed by atoms with Gasteiger partial charge in [0.25, 0.3) is 11.8 Å². The van der Waals surface area contributed by atoms with Crippen molar-refractivity contribution in [1.29, 1.82) is 0 Å². The van der Waals surface area contributed by atoms with Gasteiger partial charge in [0.1, 0.15) is 11.6 Å². The van der Waals surface area contributed by atoms with E-state index >= 15 is 0 Å². The van der Waals surface area contributed by atoms with E-state index in [1.54, 1.807) is 60.4 Å². The molecule has 3 aromatic carbocycles. The second kappa shape index (κ2) is 8.28. The third kappa shape index (κ3) is 4.21. The van der Waals surface area contributed by atoms with E-state index in [9.17, 15) is 14.0 Å². The fourth-order valence-electron chi connectivity index (χ4n) is 3.25. The van der Waals surface area contributed by atoms with Gasteiger partial charge < -0.3 is 15.0 Å². The Hall–Kier alpha value is -3.19. The van der Waals surface area contributed by atoms with Crippen LogP contribution in [0, 0.1) is 5.82 Å². The van der Waals surface area contributed by atoms with Crippen LogP contribution in [0.3, 0.4) is 0 Å². The average molecular weight is 469 g/mol.